The Morgan fingerprint density at radius 3 is 2.11 bits per heavy atom. The van der Waals surface area contributed by atoms with Gasteiger partial charge in [-0.1, -0.05) is 37.8 Å². The predicted molar refractivity (Wildman–Crippen MR) is 79.5 cm³/mol. The van der Waals surface area contributed by atoms with Crippen molar-refractivity contribution in [3.05, 3.63) is 60.2 Å². The van der Waals surface area contributed by atoms with Crippen LogP contribution >= 0.6 is 0 Å². The van der Waals surface area contributed by atoms with Gasteiger partial charge in [-0.05, 0) is 29.7 Å². The zero-order valence-corrected chi connectivity index (χ0v) is 9.58. The standard InChI is InChI=1S/C13H12BNO3.CH4.H2/c16-13(10-4-2-1-3-5-10)15-12-8-6-11(7-9-12)14(17)18;;/h1-9,17-18H,(H,15,16);1H4;1H. The predicted octanol–water partition coefficient (Wildman–Crippen LogP) is 1.50. The van der Waals surface area contributed by atoms with Crippen molar-refractivity contribution < 1.29 is 16.3 Å². The van der Waals surface area contributed by atoms with Gasteiger partial charge in [-0.3, -0.25) is 4.79 Å². The highest BCUT2D eigenvalue weighted by atomic mass is 16.4. The van der Waals surface area contributed by atoms with Crippen LogP contribution in [0.15, 0.2) is 54.6 Å². The van der Waals surface area contributed by atoms with Crippen molar-refractivity contribution in [1.82, 2.24) is 0 Å². The van der Waals surface area contributed by atoms with Gasteiger partial charge in [0.2, 0.25) is 0 Å². The summed E-state index contributed by atoms with van der Waals surface area (Å²) in [6.45, 7) is 0. The molecule has 0 aromatic heterocycles. The molecule has 1 amide bonds. The molecule has 0 aliphatic heterocycles. The maximum Gasteiger partial charge on any atom is 0.488 e. The van der Waals surface area contributed by atoms with E-state index in [1.807, 2.05) is 6.07 Å². The summed E-state index contributed by atoms with van der Waals surface area (Å²) in [5.41, 5.74) is 1.56. The zero-order valence-electron chi connectivity index (χ0n) is 9.58. The number of carbonyl (C=O) groups is 1. The number of rotatable bonds is 3. The fraction of sp³-hybridized carbons (Fsp3) is 0.0714. The molecule has 0 saturated heterocycles. The summed E-state index contributed by atoms with van der Waals surface area (Å²) in [6, 6.07) is 15.2. The topological polar surface area (TPSA) is 69.6 Å². The molecule has 0 bridgehead atoms. The van der Waals surface area contributed by atoms with Gasteiger partial charge in [0.15, 0.2) is 0 Å². The maximum absolute atomic E-state index is 11.8. The van der Waals surface area contributed by atoms with E-state index in [0.29, 0.717) is 16.7 Å². The molecule has 0 radical (unpaired) electrons. The first-order valence-electron chi connectivity index (χ1n) is 5.49. The molecule has 0 heterocycles. The lowest BCUT2D eigenvalue weighted by Gasteiger charge is -2.06. The summed E-state index contributed by atoms with van der Waals surface area (Å²) in [4.78, 5) is 11.8. The minimum Gasteiger partial charge on any atom is -0.423 e. The van der Waals surface area contributed by atoms with Gasteiger partial charge in [-0.25, -0.2) is 0 Å². The van der Waals surface area contributed by atoms with E-state index in [1.54, 1.807) is 48.5 Å². The number of amides is 1. The highest BCUT2D eigenvalue weighted by Crippen LogP contribution is 2.07. The largest absolute Gasteiger partial charge is 0.488 e. The summed E-state index contributed by atoms with van der Waals surface area (Å²) >= 11 is 0. The lowest BCUT2D eigenvalue weighted by Crippen LogP contribution is -2.29. The quantitative estimate of drug-likeness (QED) is 0.731. The van der Waals surface area contributed by atoms with E-state index in [9.17, 15) is 4.79 Å². The van der Waals surface area contributed by atoms with Crippen LogP contribution in [0.2, 0.25) is 0 Å². The van der Waals surface area contributed by atoms with Gasteiger partial charge in [0.25, 0.3) is 5.91 Å². The SMILES string of the molecule is C.O=C(Nc1ccc(B(O)O)cc1)c1ccccc1.[HH]. The minimum absolute atomic E-state index is 0. The molecule has 0 saturated carbocycles. The number of nitrogens with one attached hydrogen (secondary N) is 1. The summed E-state index contributed by atoms with van der Waals surface area (Å²) in [6.07, 6.45) is 0. The van der Waals surface area contributed by atoms with Gasteiger partial charge in [-0.15, -0.1) is 0 Å². The van der Waals surface area contributed by atoms with Crippen LogP contribution in [0.25, 0.3) is 0 Å². The van der Waals surface area contributed by atoms with Crippen LogP contribution in [0.3, 0.4) is 0 Å². The van der Waals surface area contributed by atoms with Crippen molar-refractivity contribution in [2.75, 3.05) is 5.32 Å². The second-order valence-corrected chi connectivity index (χ2v) is 3.82. The molecule has 2 aromatic rings. The first kappa shape index (κ1) is 15.0. The van der Waals surface area contributed by atoms with Crippen molar-refractivity contribution in [3.8, 4) is 0 Å². The van der Waals surface area contributed by atoms with Crippen LogP contribution in [0.1, 0.15) is 19.2 Å². The van der Waals surface area contributed by atoms with Gasteiger partial charge in [-0.2, -0.15) is 0 Å². The Hall–Kier alpha value is -2.11. The van der Waals surface area contributed by atoms with Crippen LogP contribution in [-0.2, 0) is 0 Å². The molecule has 4 nitrogen and oxygen atoms in total. The fourth-order valence-electron chi connectivity index (χ4n) is 1.53. The molecule has 2 rings (SSSR count). The van der Waals surface area contributed by atoms with E-state index < -0.39 is 7.12 Å². The Balaban J connectivity index is 0.00000180. The fourth-order valence-corrected chi connectivity index (χ4v) is 1.53. The lowest BCUT2D eigenvalue weighted by molar-refractivity contribution is 0.102. The third-order valence-electron chi connectivity index (χ3n) is 2.50. The molecule has 100 valence electrons. The molecule has 0 spiro atoms. The number of anilines is 1. The summed E-state index contributed by atoms with van der Waals surface area (Å²) < 4.78 is 0. The Bertz CT molecular complexity index is 532. The molecular formula is C14H18BNO3. The second-order valence-electron chi connectivity index (χ2n) is 3.82. The Morgan fingerprint density at radius 1 is 1.00 bits per heavy atom. The zero-order chi connectivity index (χ0) is 13.0. The van der Waals surface area contributed by atoms with Crippen molar-refractivity contribution in [3.63, 3.8) is 0 Å². The third-order valence-corrected chi connectivity index (χ3v) is 2.50. The Morgan fingerprint density at radius 2 is 1.58 bits per heavy atom. The Labute approximate surface area is 114 Å². The van der Waals surface area contributed by atoms with E-state index in [1.165, 1.54) is 0 Å². The highest BCUT2D eigenvalue weighted by Gasteiger charge is 2.10. The van der Waals surface area contributed by atoms with Crippen molar-refractivity contribution in [2.24, 2.45) is 0 Å². The van der Waals surface area contributed by atoms with E-state index in [-0.39, 0.29) is 14.8 Å². The molecule has 0 unspecified atom stereocenters. The molecule has 3 N–H and O–H groups in total. The van der Waals surface area contributed by atoms with Crippen molar-refractivity contribution in [2.45, 2.75) is 7.43 Å². The van der Waals surface area contributed by atoms with Gasteiger partial charge in [0, 0.05) is 12.7 Å². The summed E-state index contributed by atoms with van der Waals surface area (Å²) in [5.74, 6) is -0.201. The van der Waals surface area contributed by atoms with Crippen LogP contribution in [0.4, 0.5) is 5.69 Å². The molecular weight excluding hydrogens is 241 g/mol. The second kappa shape index (κ2) is 6.73. The first-order chi connectivity index (χ1) is 8.66. The molecule has 0 atom stereocenters. The molecule has 5 heteroatoms. The van der Waals surface area contributed by atoms with Crippen LogP contribution < -0.4 is 10.8 Å². The summed E-state index contributed by atoms with van der Waals surface area (Å²) in [5, 5.41) is 20.6. The van der Waals surface area contributed by atoms with Crippen molar-refractivity contribution in [1.29, 1.82) is 0 Å². The maximum atomic E-state index is 11.8. The smallest absolute Gasteiger partial charge is 0.423 e. The molecule has 0 aliphatic rings. The molecule has 2 aromatic carbocycles. The molecule has 19 heavy (non-hydrogen) atoms. The molecule has 0 fully saturated rings. The number of carbonyl (C=O) groups excluding carboxylic acids is 1. The Kier molecular flexibility index (Phi) is 5.29. The van der Waals surface area contributed by atoms with E-state index in [0.717, 1.165) is 0 Å². The van der Waals surface area contributed by atoms with Gasteiger partial charge in [0.1, 0.15) is 0 Å². The molecule has 0 aliphatic carbocycles. The van der Waals surface area contributed by atoms with Gasteiger partial charge < -0.3 is 15.4 Å². The average Bonchev–Trinajstić information content (AvgIpc) is 2.40. The number of benzene rings is 2. The van der Waals surface area contributed by atoms with Gasteiger partial charge in [0.05, 0.1) is 0 Å². The third kappa shape index (κ3) is 3.94. The lowest BCUT2D eigenvalue weighted by atomic mass is 9.80. The summed E-state index contributed by atoms with van der Waals surface area (Å²) in [7, 11) is -1.50. The van der Waals surface area contributed by atoms with Crippen LogP contribution in [0.5, 0.6) is 0 Å². The monoisotopic (exact) mass is 259 g/mol. The van der Waals surface area contributed by atoms with Crippen molar-refractivity contribution >= 4 is 24.2 Å². The van der Waals surface area contributed by atoms with Gasteiger partial charge >= 0.3 is 7.12 Å². The first-order valence-corrected chi connectivity index (χ1v) is 5.49. The van der Waals surface area contributed by atoms with E-state index in [4.69, 9.17) is 10.0 Å². The van der Waals surface area contributed by atoms with E-state index in [2.05, 4.69) is 5.32 Å². The van der Waals surface area contributed by atoms with Crippen LogP contribution in [0, 0.1) is 0 Å². The van der Waals surface area contributed by atoms with E-state index >= 15 is 0 Å². The van der Waals surface area contributed by atoms with Crippen LogP contribution in [-0.4, -0.2) is 23.1 Å². The minimum atomic E-state index is -1.50. The number of hydrogen-bond donors (Lipinski definition) is 3. The average molecular weight is 259 g/mol. The number of hydrogen-bond acceptors (Lipinski definition) is 3. The normalized spacial score (nSPS) is 9.37. The highest BCUT2D eigenvalue weighted by molar-refractivity contribution is 6.58.